The SMILES string of the molecule is Cc1nc(C2CCCN2CCCc2cn[nH]c2)no1. The molecule has 1 aliphatic rings. The molecule has 1 saturated heterocycles. The lowest BCUT2D eigenvalue weighted by molar-refractivity contribution is 0.240. The van der Waals surface area contributed by atoms with E-state index in [0.717, 1.165) is 38.2 Å². The summed E-state index contributed by atoms with van der Waals surface area (Å²) in [5.74, 6) is 1.50. The zero-order valence-corrected chi connectivity index (χ0v) is 11.2. The molecule has 1 N–H and O–H groups in total. The minimum absolute atomic E-state index is 0.335. The van der Waals surface area contributed by atoms with Gasteiger partial charge in [0.25, 0.3) is 0 Å². The van der Waals surface area contributed by atoms with E-state index in [0.29, 0.717) is 11.9 Å². The number of hydrogen-bond donors (Lipinski definition) is 1. The second-order valence-electron chi connectivity index (χ2n) is 5.08. The smallest absolute Gasteiger partial charge is 0.223 e. The number of likely N-dealkylation sites (tertiary alicyclic amines) is 1. The van der Waals surface area contributed by atoms with E-state index in [9.17, 15) is 0 Å². The van der Waals surface area contributed by atoms with Crippen LogP contribution in [-0.4, -0.2) is 38.3 Å². The summed E-state index contributed by atoms with van der Waals surface area (Å²) < 4.78 is 5.09. The van der Waals surface area contributed by atoms with Crippen molar-refractivity contribution in [2.45, 2.75) is 38.6 Å². The Labute approximate surface area is 112 Å². The maximum Gasteiger partial charge on any atom is 0.223 e. The van der Waals surface area contributed by atoms with Crippen molar-refractivity contribution in [1.82, 2.24) is 25.2 Å². The van der Waals surface area contributed by atoms with E-state index in [1.807, 2.05) is 19.3 Å². The van der Waals surface area contributed by atoms with Gasteiger partial charge in [0.1, 0.15) is 0 Å². The van der Waals surface area contributed by atoms with Gasteiger partial charge in [-0.2, -0.15) is 10.1 Å². The standard InChI is InChI=1S/C13H19N5O/c1-10-16-13(17-19-10)12-5-3-7-18(12)6-2-4-11-8-14-15-9-11/h8-9,12H,2-7H2,1H3,(H,14,15). The molecule has 2 aromatic rings. The molecule has 1 unspecified atom stereocenters. The lowest BCUT2D eigenvalue weighted by atomic mass is 10.1. The molecule has 3 rings (SSSR count). The highest BCUT2D eigenvalue weighted by molar-refractivity contribution is 5.02. The van der Waals surface area contributed by atoms with Crippen molar-refractivity contribution >= 4 is 0 Å². The Morgan fingerprint density at radius 2 is 2.47 bits per heavy atom. The summed E-state index contributed by atoms with van der Waals surface area (Å²) in [7, 11) is 0. The van der Waals surface area contributed by atoms with Gasteiger partial charge < -0.3 is 4.52 Å². The predicted molar refractivity (Wildman–Crippen MR) is 69.5 cm³/mol. The first-order chi connectivity index (χ1) is 9.33. The van der Waals surface area contributed by atoms with Gasteiger partial charge in [-0.25, -0.2) is 0 Å². The van der Waals surface area contributed by atoms with Crippen LogP contribution in [0.5, 0.6) is 0 Å². The third-order valence-corrected chi connectivity index (χ3v) is 3.67. The highest BCUT2D eigenvalue weighted by Gasteiger charge is 2.29. The number of H-pyrrole nitrogens is 1. The molecule has 0 radical (unpaired) electrons. The van der Waals surface area contributed by atoms with Gasteiger partial charge in [-0.15, -0.1) is 0 Å². The van der Waals surface area contributed by atoms with E-state index >= 15 is 0 Å². The van der Waals surface area contributed by atoms with Gasteiger partial charge in [-0.1, -0.05) is 5.16 Å². The Kier molecular flexibility index (Phi) is 3.59. The van der Waals surface area contributed by atoms with Crippen molar-refractivity contribution in [3.63, 3.8) is 0 Å². The second-order valence-corrected chi connectivity index (χ2v) is 5.08. The fourth-order valence-electron chi connectivity index (χ4n) is 2.74. The van der Waals surface area contributed by atoms with Crippen LogP contribution in [0.2, 0.25) is 0 Å². The van der Waals surface area contributed by atoms with Crippen molar-refractivity contribution in [2.75, 3.05) is 13.1 Å². The lowest BCUT2D eigenvalue weighted by Crippen LogP contribution is -2.25. The molecule has 0 saturated carbocycles. The zero-order valence-electron chi connectivity index (χ0n) is 11.2. The van der Waals surface area contributed by atoms with E-state index < -0.39 is 0 Å². The monoisotopic (exact) mass is 261 g/mol. The Morgan fingerprint density at radius 1 is 1.53 bits per heavy atom. The molecule has 3 heterocycles. The third-order valence-electron chi connectivity index (χ3n) is 3.67. The zero-order chi connectivity index (χ0) is 13.1. The average Bonchev–Trinajstić information content (AvgIpc) is 3.10. The fraction of sp³-hybridized carbons (Fsp3) is 0.615. The number of aromatic nitrogens is 4. The van der Waals surface area contributed by atoms with Crippen LogP contribution < -0.4 is 0 Å². The fourth-order valence-corrected chi connectivity index (χ4v) is 2.74. The highest BCUT2D eigenvalue weighted by atomic mass is 16.5. The van der Waals surface area contributed by atoms with Gasteiger partial charge in [0.2, 0.25) is 5.89 Å². The number of nitrogens with one attached hydrogen (secondary N) is 1. The topological polar surface area (TPSA) is 70.8 Å². The summed E-state index contributed by atoms with van der Waals surface area (Å²) in [6.45, 7) is 4.04. The van der Waals surface area contributed by atoms with E-state index in [-0.39, 0.29) is 0 Å². The molecule has 6 nitrogen and oxygen atoms in total. The van der Waals surface area contributed by atoms with Crippen LogP contribution in [0.4, 0.5) is 0 Å². The Balaban J connectivity index is 1.55. The Morgan fingerprint density at radius 3 is 3.21 bits per heavy atom. The van der Waals surface area contributed by atoms with Crippen LogP contribution in [0.15, 0.2) is 16.9 Å². The largest absolute Gasteiger partial charge is 0.340 e. The minimum atomic E-state index is 0.335. The molecule has 2 aromatic heterocycles. The highest BCUT2D eigenvalue weighted by Crippen LogP contribution is 2.30. The second kappa shape index (κ2) is 5.52. The summed E-state index contributed by atoms with van der Waals surface area (Å²) in [6, 6.07) is 0.335. The molecule has 102 valence electrons. The first-order valence-corrected chi connectivity index (χ1v) is 6.85. The number of aryl methyl sites for hydroxylation is 2. The van der Waals surface area contributed by atoms with Gasteiger partial charge in [-0.05, 0) is 44.3 Å². The van der Waals surface area contributed by atoms with Crippen LogP contribution in [0, 0.1) is 6.92 Å². The van der Waals surface area contributed by atoms with Crippen molar-refractivity contribution in [1.29, 1.82) is 0 Å². The number of hydrogen-bond acceptors (Lipinski definition) is 5. The summed E-state index contributed by atoms with van der Waals surface area (Å²) >= 11 is 0. The normalized spacial score (nSPS) is 20.2. The molecule has 0 spiro atoms. The molecule has 0 amide bonds. The molecule has 0 bridgehead atoms. The summed E-state index contributed by atoms with van der Waals surface area (Å²) in [5, 5.41) is 10.9. The number of aromatic amines is 1. The van der Waals surface area contributed by atoms with Gasteiger partial charge in [0.05, 0.1) is 12.2 Å². The Bertz CT molecular complexity index is 507. The van der Waals surface area contributed by atoms with Crippen molar-refractivity contribution in [3.8, 4) is 0 Å². The third kappa shape index (κ3) is 2.84. The minimum Gasteiger partial charge on any atom is -0.340 e. The molecule has 1 aliphatic heterocycles. The van der Waals surface area contributed by atoms with Crippen LogP contribution in [-0.2, 0) is 6.42 Å². The van der Waals surface area contributed by atoms with Crippen LogP contribution in [0.3, 0.4) is 0 Å². The van der Waals surface area contributed by atoms with Gasteiger partial charge in [0.15, 0.2) is 5.82 Å². The van der Waals surface area contributed by atoms with Crippen molar-refractivity contribution in [2.24, 2.45) is 0 Å². The first-order valence-electron chi connectivity index (χ1n) is 6.85. The number of nitrogens with zero attached hydrogens (tertiary/aromatic N) is 4. The quantitative estimate of drug-likeness (QED) is 0.889. The molecule has 0 aromatic carbocycles. The van der Waals surface area contributed by atoms with Gasteiger partial charge >= 0.3 is 0 Å². The van der Waals surface area contributed by atoms with E-state index in [4.69, 9.17) is 4.52 Å². The summed E-state index contributed by atoms with van der Waals surface area (Å²) in [6.07, 6.45) is 8.39. The summed E-state index contributed by atoms with van der Waals surface area (Å²) in [4.78, 5) is 6.83. The van der Waals surface area contributed by atoms with Crippen LogP contribution >= 0.6 is 0 Å². The van der Waals surface area contributed by atoms with Crippen LogP contribution in [0.25, 0.3) is 0 Å². The maximum atomic E-state index is 5.09. The first kappa shape index (κ1) is 12.3. The van der Waals surface area contributed by atoms with Gasteiger partial charge in [0, 0.05) is 13.1 Å². The molecule has 1 atom stereocenters. The molecular weight excluding hydrogens is 242 g/mol. The molecule has 6 heteroatoms. The average molecular weight is 261 g/mol. The summed E-state index contributed by atoms with van der Waals surface area (Å²) in [5.41, 5.74) is 1.27. The van der Waals surface area contributed by atoms with Crippen molar-refractivity contribution < 1.29 is 4.52 Å². The van der Waals surface area contributed by atoms with E-state index in [1.165, 1.54) is 12.0 Å². The Hall–Kier alpha value is -1.69. The molecule has 19 heavy (non-hydrogen) atoms. The van der Waals surface area contributed by atoms with Crippen LogP contribution in [0.1, 0.15) is 42.6 Å². The van der Waals surface area contributed by atoms with Gasteiger partial charge in [-0.3, -0.25) is 10.00 Å². The molecule has 0 aliphatic carbocycles. The predicted octanol–water partition coefficient (Wildman–Crippen LogP) is 1.87. The maximum absolute atomic E-state index is 5.09. The van der Waals surface area contributed by atoms with Crippen molar-refractivity contribution in [3.05, 3.63) is 29.7 Å². The molecular formula is C13H19N5O. The number of rotatable bonds is 5. The lowest BCUT2D eigenvalue weighted by Gasteiger charge is -2.21. The van der Waals surface area contributed by atoms with E-state index in [1.54, 1.807) is 0 Å². The molecule has 1 fully saturated rings. The van der Waals surface area contributed by atoms with E-state index in [2.05, 4.69) is 25.2 Å².